The van der Waals surface area contributed by atoms with Crippen LogP contribution in [-0.2, 0) is 0 Å². The Morgan fingerprint density at radius 3 is 2.54 bits per heavy atom. The maximum Gasteiger partial charge on any atom is 0.210 e. The largest absolute Gasteiger partial charge is 0.494 e. The SMILES string of the molecule is Nn1c(SCCCOc2ccc(F)cc2)nnc1-c1ccccc1. The van der Waals surface area contributed by atoms with Crippen LogP contribution in [0.4, 0.5) is 4.39 Å². The molecule has 2 aromatic carbocycles. The molecule has 0 spiro atoms. The maximum absolute atomic E-state index is 12.8. The van der Waals surface area contributed by atoms with Crippen molar-refractivity contribution in [3.63, 3.8) is 0 Å². The Balaban J connectivity index is 1.47. The molecule has 0 aliphatic rings. The number of hydrogen-bond acceptors (Lipinski definition) is 5. The fourth-order valence-corrected chi connectivity index (χ4v) is 2.87. The van der Waals surface area contributed by atoms with Gasteiger partial charge in [0.05, 0.1) is 6.61 Å². The average Bonchev–Trinajstić information content (AvgIpc) is 2.98. The van der Waals surface area contributed by atoms with Crippen LogP contribution in [0.5, 0.6) is 5.75 Å². The van der Waals surface area contributed by atoms with Crippen LogP contribution in [0, 0.1) is 5.82 Å². The molecule has 1 heterocycles. The average molecular weight is 344 g/mol. The van der Waals surface area contributed by atoms with E-state index in [-0.39, 0.29) is 5.82 Å². The number of benzene rings is 2. The summed E-state index contributed by atoms with van der Waals surface area (Å²) in [7, 11) is 0. The van der Waals surface area contributed by atoms with Gasteiger partial charge in [0.1, 0.15) is 11.6 Å². The van der Waals surface area contributed by atoms with Crippen molar-refractivity contribution in [2.45, 2.75) is 11.6 Å². The third kappa shape index (κ3) is 4.05. The number of aromatic nitrogens is 3. The Morgan fingerprint density at radius 2 is 1.79 bits per heavy atom. The Morgan fingerprint density at radius 1 is 1.04 bits per heavy atom. The van der Waals surface area contributed by atoms with E-state index in [0.29, 0.717) is 23.3 Å². The van der Waals surface area contributed by atoms with Crippen molar-refractivity contribution in [3.8, 4) is 17.1 Å². The molecule has 124 valence electrons. The molecule has 5 nitrogen and oxygen atoms in total. The van der Waals surface area contributed by atoms with E-state index in [4.69, 9.17) is 10.6 Å². The molecule has 0 atom stereocenters. The highest BCUT2D eigenvalue weighted by molar-refractivity contribution is 7.99. The van der Waals surface area contributed by atoms with Gasteiger partial charge < -0.3 is 10.6 Å². The molecule has 0 saturated carbocycles. The molecule has 2 N–H and O–H groups in total. The van der Waals surface area contributed by atoms with Gasteiger partial charge in [0.15, 0.2) is 5.82 Å². The first-order chi connectivity index (χ1) is 11.7. The number of rotatable bonds is 7. The van der Waals surface area contributed by atoms with Crippen molar-refractivity contribution in [2.75, 3.05) is 18.2 Å². The molecule has 0 unspecified atom stereocenters. The van der Waals surface area contributed by atoms with Crippen LogP contribution in [0.2, 0.25) is 0 Å². The monoisotopic (exact) mass is 344 g/mol. The summed E-state index contributed by atoms with van der Waals surface area (Å²) in [5, 5.41) is 8.93. The van der Waals surface area contributed by atoms with E-state index in [2.05, 4.69) is 10.2 Å². The zero-order valence-corrected chi connectivity index (χ0v) is 13.7. The van der Waals surface area contributed by atoms with Crippen molar-refractivity contribution in [1.29, 1.82) is 0 Å². The van der Waals surface area contributed by atoms with Gasteiger partial charge in [0.2, 0.25) is 5.16 Å². The zero-order valence-electron chi connectivity index (χ0n) is 12.9. The van der Waals surface area contributed by atoms with Crippen LogP contribution in [0.3, 0.4) is 0 Å². The van der Waals surface area contributed by atoms with Gasteiger partial charge in [-0.1, -0.05) is 42.1 Å². The second-order valence-electron chi connectivity index (χ2n) is 5.05. The lowest BCUT2D eigenvalue weighted by atomic mass is 10.2. The van der Waals surface area contributed by atoms with Gasteiger partial charge in [-0.3, -0.25) is 0 Å². The van der Waals surface area contributed by atoms with Gasteiger partial charge in [0, 0.05) is 11.3 Å². The third-order valence-electron chi connectivity index (χ3n) is 3.30. The summed E-state index contributed by atoms with van der Waals surface area (Å²) in [6, 6.07) is 15.7. The minimum atomic E-state index is -0.269. The minimum Gasteiger partial charge on any atom is -0.494 e. The van der Waals surface area contributed by atoms with E-state index in [9.17, 15) is 4.39 Å². The molecule has 0 radical (unpaired) electrons. The second-order valence-corrected chi connectivity index (χ2v) is 6.11. The molecule has 1 aromatic heterocycles. The minimum absolute atomic E-state index is 0.269. The quantitative estimate of drug-likeness (QED) is 0.404. The number of ether oxygens (including phenoxy) is 1. The molecule has 24 heavy (non-hydrogen) atoms. The first-order valence-corrected chi connectivity index (χ1v) is 8.49. The van der Waals surface area contributed by atoms with Crippen molar-refractivity contribution >= 4 is 11.8 Å². The van der Waals surface area contributed by atoms with Gasteiger partial charge in [-0.25, -0.2) is 9.07 Å². The van der Waals surface area contributed by atoms with E-state index < -0.39 is 0 Å². The van der Waals surface area contributed by atoms with Crippen LogP contribution in [0.15, 0.2) is 59.8 Å². The highest BCUT2D eigenvalue weighted by Gasteiger charge is 2.11. The van der Waals surface area contributed by atoms with Gasteiger partial charge in [-0.05, 0) is 30.7 Å². The Bertz CT molecular complexity index is 777. The Hall–Kier alpha value is -2.54. The van der Waals surface area contributed by atoms with Crippen LogP contribution in [-0.4, -0.2) is 27.2 Å². The molecule has 0 bridgehead atoms. The highest BCUT2D eigenvalue weighted by atomic mass is 32.2. The van der Waals surface area contributed by atoms with Crippen molar-refractivity contribution in [2.24, 2.45) is 0 Å². The summed E-state index contributed by atoms with van der Waals surface area (Å²) in [6.45, 7) is 0.545. The molecule has 7 heteroatoms. The Kier molecular flexibility index (Phi) is 5.32. The summed E-state index contributed by atoms with van der Waals surface area (Å²) < 4.78 is 19.8. The van der Waals surface area contributed by atoms with E-state index in [1.807, 2.05) is 30.3 Å². The molecule has 0 amide bonds. The molecule has 3 aromatic rings. The molecule has 0 saturated heterocycles. The maximum atomic E-state index is 12.8. The van der Waals surface area contributed by atoms with E-state index in [1.165, 1.54) is 28.6 Å². The number of hydrogen-bond donors (Lipinski definition) is 1. The van der Waals surface area contributed by atoms with Crippen LogP contribution >= 0.6 is 11.8 Å². The van der Waals surface area contributed by atoms with Crippen molar-refractivity contribution in [3.05, 3.63) is 60.4 Å². The third-order valence-corrected chi connectivity index (χ3v) is 4.33. The van der Waals surface area contributed by atoms with Crippen molar-refractivity contribution in [1.82, 2.24) is 14.9 Å². The molecular formula is C17H17FN4OS. The van der Waals surface area contributed by atoms with Crippen molar-refractivity contribution < 1.29 is 9.13 Å². The molecule has 0 aliphatic carbocycles. The normalized spacial score (nSPS) is 10.7. The molecule has 0 fully saturated rings. The topological polar surface area (TPSA) is 66.0 Å². The Labute approximate surface area is 143 Å². The first kappa shape index (κ1) is 16.3. The van der Waals surface area contributed by atoms with Crippen LogP contribution < -0.4 is 10.6 Å². The van der Waals surface area contributed by atoms with Crippen LogP contribution in [0.1, 0.15) is 6.42 Å². The predicted molar refractivity (Wildman–Crippen MR) is 92.8 cm³/mol. The molecule has 0 aliphatic heterocycles. The summed E-state index contributed by atoms with van der Waals surface area (Å²) in [5.74, 6) is 7.89. The fraction of sp³-hybridized carbons (Fsp3) is 0.176. The number of nitrogens with two attached hydrogens (primary N) is 1. The smallest absolute Gasteiger partial charge is 0.210 e. The summed E-state index contributed by atoms with van der Waals surface area (Å²) in [4.78, 5) is 0. The number of thioether (sulfide) groups is 1. The molecular weight excluding hydrogens is 327 g/mol. The van der Waals surface area contributed by atoms with Gasteiger partial charge in [-0.15, -0.1) is 10.2 Å². The molecule has 3 rings (SSSR count). The second kappa shape index (κ2) is 7.83. The van der Waals surface area contributed by atoms with Gasteiger partial charge in [-0.2, -0.15) is 0 Å². The number of nitrogens with zero attached hydrogens (tertiary/aromatic N) is 3. The van der Waals surface area contributed by atoms with E-state index in [0.717, 1.165) is 17.7 Å². The van der Waals surface area contributed by atoms with Crippen LogP contribution in [0.25, 0.3) is 11.4 Å². The van der Waals surface area contributed by atoms with Gasteiger partial charge >= 0.3 is 0 Å². The fourth-order valence-electron chi connectivity index (χ4n) is 2.10. The summed E-state index contributed by atoms with van der Waals surface area (Å²) in [6.07, 6.45) is 0.815. The lowest BCUT2D eigenvalue weighted by Crippen LogP contribution is -2.11. The van der Waals surface area contributed by atoms with Gasteiger partial charge in [0.25, 0.3) is 0 Å². The summed E-state index contributed by atoms with van der Waals surface area (Å²) in [5.41, 5.74) is 0.930. The summed E-state index contributed by atoms with van der Waals surface area (Å²) >= 11 is 1.52. The predicted octanol–water partition coefficient (Wildman–Crippen LogP) is 3.36. The zero-order chi connectivity index (χ0) is 16.8. The number of nitrogen functional groups attached to an aromatic ring is 1. The standard InChI is InChI=1S/C17H17FN4OS/c18-14-7-9-15(10-8-14)23-11-4-12-24-17-21-20-16(22(17)19)13-5-2-1-3-6-13/h1-3,5-10H,4,11-12,19H2. The first-order valence-electron chi connectivity index (χ1n) is 7.51. The highest BCUT2D eigenvalue weighted by Crippen LogP contribution is 2.21. The lowest BCUT2D eigenvalue weighted by molar-refractivity contribution is 0.318. The van der Waals surface area contributed by atoms with E-state index >= 15 is 0 Å². The lowest BCUT2D eigenvalue weighted by Gasteiger charge is -2.06. The van der Waals surface area contributed by atoms with E-state index in [1.54, 1.807) is 12.1 Å². The number of halogens is 1.